The maximum absolute atomic E-state index is 9.51. The fourth-order valence-corrected chi connectivity index (χ4v) is 2.91. The zero-order valence-electron chi connectivity index (χ0n) is 16.9. The lowest BCUT2D eigenvalue weighted by Crippen LogP contribution is -2.01. The third kappa shape index (κ3) is 7.36. The molecule has 2 aromatic carbocycles. The summed E-state index contributed by atoms with van der Waals surface area (Å²) in [6.45, 7) is 2.93. The van der Waals surface area contributed by atoms with Gasteiger partial charge in [-0.1, -0.05) is 50.8 Å². The molecule has 4 heteroatoms. The Morgan fingerprint density at radius 3 is 2.57 bits per heavy atom. The number of allylic oxidation sites excluding steroid dienone is 1. The van der Waals surface area contributed by atoms with Gasteiger partial charge in [0.25, 0.3) is 0 Å². The smallest absolute Gasteiger partial charge is 0.122 e. The van der Waals surface area contributed by atoms with Gasteiger partial charge in [-0.2, -0.15) is 5.26 Å². The number of ether oxygens (including phenoxy) is 2. The lowest BCUT2D eigenvalue weighted by atomic mass is 10.1. The lowest BCUT2D eigenvalue weighted by Gasteiger charge is -2.12. The highest BCUT2D eigenvalue weighted by atomic mass is 16.5. The van der Waals surface area contributed by atoms with E-state index >= 15 is 0 Å². The summed E-state index contributed by atoms with van der Waals surface area (Å²) in [7, 11) is 1.64. The van der Waals surface area contributed by atoms with E-state index in [1.54, 1.807) is 13.3 Å². The topological polar surface area (TPSA) is 54.3 Å². The highest BCUT2D eigenvalue weighted by molar-refractivity contribution is 5.49. The Balaban J connectivity index is 1.98. The Kier molecular flexibility index (Phi) is 9.51. The predicted molar refractivity (Wildman–Crippen MR) is 115 cm³/mol. The van der Waals surface area contributed by atoms with Crippen molar-refractivity contribution < 1.29 is 9.47 Å². The molecule has 4 nitrogen and oxygen atoms in total. The zero-order chi connectivity index (χ0) is 20.0. The molecule has 0 fully saturated rings. The van der Waals surface area contributed by atoms with Gasteiger partial charge in [-0.3, -0.25) is 0 Å². The maximum atomic E-state index is 9.51. The number of unbranched alkanes of at least 4 members (excludes halogenated alkanes) is 4. The molecule has 0 bridgehead atoms. The Morgan fingerprint density at radius 2 is 1.86 bits per heavy atom. The monoisotopic (exact) mass is 378 g/mol. The number of hydrogen-bond acceptors (Lipinski definition) is 4. The SMILES string of the molecule is CCCCCCCOc1ccc(OC)c(C/C(C#N)=C/Nc2ccccc2)c1. The highest BCUT2D eigenvalue weighted by Crippen LogP contribution is 2.26. The first-order chi connectivity index (χ1) is 13.8. The summed E-state index contributed by atoms with van der Waals surface area (Å²) in [6, 6.07) is 17.8. The van der Waals surface area contributed by atoms with E-state index in [1.165, 1.54) is 25.7 Å². The summed E-state index contributed by atoms with van der Waals surface area (Å²) in [4.78, 5) is 0. The van der Waals surface area contributed by atoms with Crippen LogP contribution >= 0.6 is 0 Å². The van der Waals surface area contributed by atoms with Gasteiger partial charge in [-0.25, -0.2) is 0 Å². The number of hydrogen-bond donors (Lipinski definition) is 1. The van der Waals surface area contributed by atoms with Gasteiger partial charge >= 0.3 is 0 Å². The van der Waals surface area contributed by atoms with Gasteiger partial charge in [0.15, 0.2) is 0 Å². The van der Waals surface area contributed by atoms with E-state index in [1.807, 2.05) is 48.5 Å². The third-order valence-electron chi connectivity index (χ3n) is 4.48. The number of nitrogens with zero attached hydrogens (tertiary/aromatic N) is 1. The number of nitrogens with one attached hydrogen (secondary N) is 1. The molecule has 0 radical (unpaired) electrons. The largest absolute Gasteiger partial charge is 0.496 e. The summed E-state index contributed by atoms with van der Waals surface area (Å²) >= 11 is 0. The molecule has 0 aliphatic rings. The molecule has 0 aromatic heterocycles. The van der Waals surface area contributed by atoms with E-state index < -0.39 is 0 Å². The molecule has 148 valence electrons. The maximum Gasteiger partial charge on any atom is 0.122 e. The van der Waals surface area contributed by atoms with Crippen molar-refractivity contribution in [1.29, 1.82) is 5.26 Å². The van der Waals surface area contributed by atoms with Crippen molar-refractivity contribution in [2.75, 3.05) is 19.0 Å². The quantitative estimate of drug-likeness (QED) is 0.358. The second-order valence-electron chi connectivity index (χ2n) is 6.70. The van der Waals surface area contributed by atoms with Gasteiger partial charge in [-0.05, 0) is 36.8 Å². The van der Waals surface area contributed by atoms with Crippen molar-refractivity contribution in [1.82, 2.24) is 0 Å². The Labute approximate surface area is 168 Å². The van der Waals surface area contributed by atoms with Gasteiger partial charge in [0, 0.05) is 29.4 Å². The van der Waals surface area contributed by atoms with Crippen LogP contribution in [-0.2, 0) is 6.42 Å². The normalized spacial score (nSPS) is 11.0. The molecule has 0 spiro atoms. The average Bonchev–Trinajstić information content (AvgIpc) is 2.74. The predicted octanol–water partition coefficient (Wildman–Crippen LogP) is 6.11. The Hall–Kier alpha value is -2.93. The molecule has 0 atom stereocenters. The fraction of sp³-hybridized carbons (Fsp3) is 0.375. The van der Waals surface area contributed by atoms with Gasteiger partial charge in [0.1, 0.15) is 11.5 Å². The van der Waals surface area contributed by atoms with Gasteiger partial charge in [0.2, 0.25) is 0 Å². The molecule has 0 heterocycles. The molecule has 0 aliphatic carbocycles. The van der Waals surface area contributed by atoms with Crippen LogP contribution in [0.25, 0.3) is 0 Å². The molecule has 28 heavy (non-hydrogen) atoms. The van der Waals surface area contributed by atoms with Gasteiger partial charge < -0.3 is 14.8 Å². The fourth-order valence-electron chi connectivity index (χ4n) is 2.91. The molecule has 2 rings (SSSR count). The first-order valence-electron chi connectivity index (χ1n) is 9.97. The van der Waals surface area contributed by atoms with Crippen molar-refractivity contribution >= 4 is 5.69 Å². The molecule has 0 saturated carbocycles. The third-order valence-corrected chi connectivity index (χ3v) is 4.48. The number of para-hydroxylation sites is 1. The van der Waals surface area contributed by atoms with E-state index in [-0.39, 0.29) is 0 Å². The van der Waals surface area contributed by atoms with Crippen molar-refractivity contribution in [3.8, 4) is 17.6 Å². The molecule has 0 aliphatic heterocycles. The number of nitriles is 1. The van der Waals surface area contributed by atoms with Crippen LogP contribution in [0.4, 0.5) is 5.69 Å². The highest BCUT2D eigenvalue weighted by Gasteiger charge is 2.08. The average molecular weight is 379 g/mol. The standard InChI is InChI=1S/C24H30N2O2/c1-3-4-5-6-10-15-28-23-13-14-24(27-2)21(17-23)16-20(18-25)19-26-22-11-8-7-9-12-22/h7-9,11-14,17,19,26H,3-6,10,15-16H2,1-2H3/b20-19-. The van der Waals surface area contributed by atoms with E-state index in [0.29, 0.717) is 18.6 Å². The van der Waals surface area contributed by atoms with Crippen LogP contribution in [0.15, 0.2) is 60.3 Å². The van der Waals surface area contributed by atoms with Crippen LogP contribution in [0.1, 0.15) is 44.6 Å². The second-order valence-corrected chi connectivity index (χ2v) is 6.70. The van der Waals surface area contributed by atoms with Crippen LogP contribution in [-0.4, -0.2) is 13.7 Å². The van der Waals surface area contributed by atoms with E-state index in [9.17, 15) is 5.26 Å². The minimum atomic E-state index is 0.479. The van der Waals surface area contributed by atoms with Crippen molar-refractivity contribution in [2.24, 2.45) is 0 Å². The van der Waals surface area contributed by atoms with Gasteiger partial charge in [-0.15, -0.1) is 0 Å². The Morgan fingerprint density at radius 1 is 1.07 bits per heavy atom. The molecule has 1 N–H and O–H groups in total. The lowest BCUT2D eigenvalue weighted by molar-refractivity contribution is 0.303. The van der Waals surface area contributed by atoms with E-state index in [0.717, 1.165) is 29.2 Å². The van der Waals surface area contributed by atoms with Crippen LogP contribution in [0.3, 0.4) is 0 Å². The molecule has 0 saturated heterocycles. The first kappa shape index (κ1) is 21.4. The minimum Gasteiger partial charge on any atom is -0.496 e. The zero-order valence-corrected chi connectivity index (χ0v) is 16.9. The van der Waals surface area contributed by atoms with Crippen molar-refractivity contribution in [3.05, 3.63) is 65.9 Å². The number of methoxy groups -OCH3 is 1. The van der Waals surface area contributed by atoms with E-state index in [2.05, 4.69) is 18.3 Å². The number of rotatable bonds is 12. The van der Waals surface area contributed by atoms with Crippen LogP contribution in [0, 0.1) is 11.3 Å². The van der Waals surface area contributed by atoms with Crippen molar-refractivity contribution in [3.63, 3.8) is 0 Å². The summed E-state index contributed by atoms with van der Waals surface area (Å²) in [5.74, 6) is 1.58. The van der Waals surface area contributed by atoms with Crippen LogP contribution in [0.2, 0.25) is 0 Å². The molecule has 0 unspecified atom stereocenters. The molecular formula is C24H30N2O2. The number of benzene rings is 2. The van der Waals surface area contributed by atoms with Crippen LogP contribution in [0.5, 0.6) is 11.5 Å². The first-order valence-corrected chi connectivity index (χ1v) is 9.97. The van der Waals surface area contributed by atoms with Crippen LogP contribution < -0.4 is 14.8 Å². The molecule has 0 amide bonds. The molecular weight excluding hydrogens is 348 g/mol. The number of anilines is 1. The van der Waals surface area contributed by atoms with E-state index in [4.69, 9.17) is 9.47 Å². The summed E-state index contributed by atoms with van der Waals surface area (Å²) in [5.41, 5.74) is 2.51. The van der Waals surface area contributed by atoms with Gasteiger partial charge in [0.05, 0.1) is 19.8 Å². The summed E-state index contributed by atoms with van der Waals surface area (Å²) < 4.78 is 11.4. The Bertz CT molecular complexity index is 779. The minimum absolute atomic E-state index is 0.479. The second kappa shape index (κ2) is 12.5. The van der Waals surface area contributed by atoms with Crippen molar-refractivity contribution in [2.45, 2.75) is 45.4 Å². The summed E-state index contributed by atoms with van der Waals surface area (Å²) in [5, 5.41) is 12.7. The molecule has 2 aromatic rings. The summed E-state index contributed by atoms with van der Waals surface area (Å²) in [6.07, 6.45) is 8.28.